The van der Waals surface area contributed by atoms with Gasteiger partial charge in [-0.25, -0.2) is 9.97 Å². The van der Waals surface area contributed by atoms with E-state index in [1.807, 2.05) is 19.1 Å². The molecule has 1 aliphatic heterocycles. The second-order valence-electron chi connectivity index (χ2n) is 6.53. The Labute approximate surface area is 141 Å². The van der Waals surface area contributed by atoms with Gasteiger partial charge in [0.2, 0.25) is 5.88 Å². The molecule has 0 bridgehead atoms. The normalized spacial score (nSPS) is 14.7. The quantitative estimate of drug-likeness (QED) is 0.878. The lowest BCUT2D eigenvalue weighted by Crippen LogP contribution is -2.19. The third kappa shape index (κ3) is 3.05. The number of hydrogen-bond acceptors (Lipinski definition) is 6. The standard InChI is InChI=1S/C18H22N4O2/c1-11-5-6-13(16-17(11)23-10-18(16,3)4)24-15-9-20-14(8-21-15)22-12(2)7-19/h5-6,8-9H,2,7,10,19H2,1,3-4H3,(H,20,22). The third-order valence-corrected chi connectivity index (χ3v) is 3.96. The Morgan fingerprint density at radius 3 is 2.83 bits per heavy atom. The number of nitrogens with one attached hydrogen (secondary N) is 1. The van der Waals surface area contributed by atoms with E-state index in [9.17, 15) is 0 Å². The van der Waals surface area contributed by atoms with E-state index in [1.54, 1.807) is 12.4 Å². The van der Waals surface area contributed by atoms with Gasteiger partial charge in [-0.1, -0.05) is 26.5 Å². The average molecular weight is 326 g/mol. The number of rotatable bonds is 5. The van der Waals surface area contributed by atoms with Crippen molar-refractivity contribution in [1.29, 1.82) is 0 Å². The Morgan fingerprint density at radius 1 is 1.38 bits per heavy atom. The number of nitrogens with zero attached hydrogens (tertiary/aromatic N) is 2. The highest BCUT2D eigenvalue weighted by atomic mass is 16.5. The van der Waals surface area contributed by atoms with Crippen molar-refractivity contribution in [2.45, 2.75) is 26.2 Å². The molecule has 1 aromatic carbocycles. The summed E-state index contributed by atoms with van der Waals surface area (Å²) < 4.78 is 11.8. The van der Waals surface area contributed by atoms with Crippen LogP contribution in [0.3, 0.4) is 0 Å². The topological polar surface area (TPSA) is 82.3 Å². The molecule has 0 saturated carbocycles. The molecular weight excluding hydrogens is 304 g/mol. The first kappa shape index (κ1) is 16.3. The maximum atomic E-state index is 5.97. The molecule has 3 rings (SSSR count). The van der Waals surface area contributed by atoms with Gasteiger partial charge in [0.25, 0.3) is 0 Å². The third-order valence-electron chi connectivity index (χ3n) is 3.96. The maximum absolute atomic E-state index is 5.97. The Hall–Kier alpha value is -2.60. The fourth-order valence-corrected chi connectivity index (χ4v) is 2.68. The van der Waals surface area contributed by atoms with Crippen molar-refractivity contribution in [1.82, 2.24) is 9.97 Å². The van der Waals surface area contributed by atoms with Gasteiger partial charge in [-0.05, 0) is 18.6 Å². The number of nitrogens with two attached hydrogens (primary N) is 1. The molecule has 0 amide bonds. The summed E-state index contributed by atoms with van der Waals surface area (Å²) in [5.41, 5.74) is 8.24. The van der Waals surface area contributed by atoms with Crippen molar-refractivity contribution in [2.24, 2.45) is 5.73 Å². The summed E-state index contributed by atoms with van der Waals surface area (Å²) in [5, 5.41) is 2.98. The molecule has 0 unspecified atom stereocenters. The van der Waals surface area contributed by atoms with E-state index >= 15 is 0 Å². The van der Waals surface area contributed by atoms with Crippen molar-refractivity contribution in [3.8, 4) is 17.4 Å². The first-order chi connectivity index (χ1) is 11.4. The van der Waals surface area contributed by atoms with Crippen LogP contribution in [0.4, 0.5) is 5.82 Å². The van der Waals surface area contributed by atoms with E-state index in [-0.39, 0.29) is 5.41 Å². The van der Waals surface area contributed by atoms with Crippen LogP contribution in [0.25, 0.3) is 0 Å². The van der Waals surface area contributed by atoms with Gasteiger partial charge in [0.05, 0.1) is 19.0 Å². The smallest absolute Gasteiger partial charge is 0.237 e. The lowest BCUT2D eigenvalue weighted by molar-refractivity contribution is 0.289. The van der Waals surface area contributed by atoms with E-state index < -0.39 is 0 Å². The van der Waals surface area contributed by atoms with Crippen molar-refractivity contribution < 1.29 is 9.47 Å². The van der Waals surface area contributed by atoms with Crippen LogP contribution in [-0.4, -0.2) is 23.1 Å². The number of ether oxygens (including phenoxy) is 2. The molecule has 0 spiro atoms. The summed E-state index contributed by atoms with van der Waals surface area (Å²) >= 11 is 0. The average Bonchev–Trinajstić information content (AvgIpc) is 2.88. The van der Waals surface area contributed by atoms with E-state index in [4.69, 9.17) is 15.2 Å². The maximum Gasteiger partial charge on any atom is 0.237 e. The molecule has 24 heavy (non-hydrogen) atoms. The Kier molecular flexibility index (Phi) is 4.15. The zero-order valence-corrected chi connectivity index (χ0v) is 14.2. The summed E-state index contributed by atoms with van der Waals surface area (Å²) in [7, 11) is 0. The number of benzene rings is 1. The van der Waals surface area contributed by atoms with Gasteiger partial charge >= 0.3 is 0 Å². The fourth-order valence-electron chi connectivity index (χ4n) is 2.68. The molecule has 0 saturated heterocycles. The van der Waals surface area contributed by atoms with E-state index in [2.05, 4.69) is 35.7 Å². The minimum Gasteiger partial charge on any atom is -0.492 e. The summed E-state index contributed by atoms with van der Waals surface area (Å²) in [4.78, 5) is 8.55. The summed E-state index contributed by atoms with van der Waals surface area (Å²) in [5.74, 6) is 2.66. The van der Waals surface area contributed by atoms with E-state index in [0.29, 0.717) is 30.5 Å². The van der Waals surface area contributed by atoms with Crippen molar-refractivity contribution in [3.05, 3.63) is 47.9 Å². The largest absolute Gasteiger partial charge is 0.492 e. The van der Waals surface area contributed by atoms with Crippen molar-refractivity contribution >= 4 is 5.82 Å². The predicted molar refractivity (Wildman–Crippen MR) is 93.6 cm³/mol. The van der Waals surface area contributed by atoms with E-state index in [1.165, 1.54) is 0 Å². The SMILES string of the molecule is C=C(CN)Nc1cnc(Oc2ccc(C)c3c2C(C)(C)CO3)cn1. The van der Waals surface area contributed by atoms with Crippen LogP contribution >= 0.6 is 0 Å². The first-order valence-corrected chi connectivity index (χ1v) is 7.82. The molecule has 0 fully saturated rings. The number of aryl methyl sites for hydroxylation is 1. The summed E-state index contributed by atoms with van der Waals surface area (Å²) in [6.45, 7) is 11.1. The minimum atomic E-state index is -0.107. The van der Waals surface area contributed by atoms with Gasteiger partial charge < -0.3 is 20.5 Å². The molecule has 2 aromatic rings. The molecular formula is C18H22N4O2. The number of fused-ring (bicyclic) bond motifs is 1. The number of anilines is 1. The molecule has 0 atom stereocenters. The van der Waals surface area contributed by atoms with Crippen LogP contribution in [0.5, 0.6) is 17.4 Å². The second kappa shape index (κ2) is 6.13. The molecule has 6 heteroatoms. The predicted octanol–water partition coefficient (Wildman–Crippen LogP) is 3.13. The molecule has 0 aliphatic carbocycles. The first-order valence-electron chi connectivity index (χ1n) is 7.82. The lowest BCUT2D eigenvalue weighted by atomic mass is 9.85. The highest BCUT2D eigenvalue weighted by Crippen LogP contribution is 2.46. The monoisotopic (exact) mass is 326 g/mol. The summed E-state index contributed by atoms with van der Waals surface area (Å²) in [6, 6.07) is 3.94. The van der Waals surface area contributed by atoms with Crippen LogP contribution in [0.2, 0.25) is 0 Å². The fraction of sp³-hybridized carbons (Fsp3) is 0.333. The van der Waals surface area contributed by atoms with Crippen LogP contribution in [-0.2, 0) is 5.41 Å². The number of hydrogen-bond donors (Lipinski definition) is 2. The van der Waals surface area contributed by atoms with Gasteiger partial charge in [0, 0.05) is 23.2 Å². The van der Waals surface area contributed by atoms with Crippen LogP contribution in [0, 0.1) is 6.92 Å². The van der Waals surface area contributed by atoms with Gasteiger partial charge in [0.1, 0.15) is 17.3 Å². The molecule has 126 valence electrons. The molecule has 1 aliphatic rings. The molecule has 2 heterocycles. The lowest BCUT2D eigenvalue weighted by Gasteiger charge is -2.19. The van der Waals surface area contributed by atoms with Crippen molar-refractivity contribution in [3.63, 3.8) is 0 Å². The van der Waals surface area contributed by atoms with Crippen LogP contribution in [0.15, 0.2) is 36.8 Å². The van der Waals surface area contributed by atoms with E-state index in [0.717, 1.165) is 22.6 Å². The molecule has 0 radical (unpaired) electrons. The zero-order valence-electron chi connectivity index (χ0n) is 14.2. The molecule has 1 aromatic heterocycles. The Balaban J connectivity index is 1.85. The Bertz CT molecular complexity index is 769. The van der Waals surface area contributed by atoms with Gasteiger partial charge in [-0.3, -0.25) is 0 Å². The minimum absolute atomic E-state index is 0.107. The highest BCUT2D eigenvalue weighted by molar-refractivity contribution is 5.56. The zero-order chi connectivity index (χ0) is 17.3. The van der Waals surface area contributed by atoms with Crippen LogP contribution in [0.1, 0.15) is 25.0 Å². The second-order valence-corrected chi connectivity index (χ2v) is 6.53. The number of aromatic nitrogens is 2. The highest BCUT2D eigenvalue weighted by Gasteiger charge is 2.36. The Morgan fingerprint density at radius 2 is 2.17 bits per heavy atom. The van der Waals surface area contributed by atoms with Gasteiger partial charge in [-0.15, -0.1) is 0 Å². The molecule has 6 nitrogen and oxygen atoms in total. The van der Waals surface area contributed by atoms with Gasteiger partial charge in [0.15, 0.2) is 0 Å². The van der Waals surface area contributed by atoms with Crippen molar-refractivity contribution in [2.75, 3.05) is 18.5 Å². The summed E-state index contributed by atoms with van der Waals surface area (Å²) in [6.07, 6.45) is 3.16. The van der Waals surface area contributed by atoms with Gasteiger partial charge in [-0.2, -0.15) is 0 Å². The van der Waals surface area contributed by atoms with Crippen LogP contribution < -0.4 is 20.5 Å². The molecule has 3 N–H and O–H groups in total.